The minimum Gasteiger partial charge on any atom is -0.0922 e. The van der Waals surface area contributed by atoms with Crippen LogP contribution in [-0.2, 0) is 0 Å². The van der Waals surface area contributed by atoms with Crippen molar-refractivity contribution in [3.05, 3.63) is 0 Å². The Morgan fingerprint density at radius 1 is 1.17 bits per heavy atom. The van der Waals surface area contributed by atoms with Gasteiger partial charge in [-0.1, -0.05) is 22.4 Å². The standard InChI is InChI=1S/C11H17Br/c12-8-11(9-2-3-9)6-10(7-11)4-1-5-10/h9H,1-8H2. The quantitative estimate of drug-likeness (QED) is 0.632. The molecule has 68 valence electrons. The Morgan fingerprint density at radius 2 is 1.83 bits per heavy atom. The van der Waals surface area contributed by atoms with E-state index in [9.17, 15) is 0 Å². The number of hydrogen-bond acceptors (Lipinski definition) is 0. The second kappa shape index (κ2) is 2.29. The normalized spacial score (nSPS) is 35.8. The zero-order valence-electron chi connectivity index (χ0n) is 7.61. The third-order valence-corrected chi connectivity index (χ3v) is 5.69. The third kappa shape index (κ3) is 0.893. The lowest BCUT2D eigenvalue weighted by molar-refractivity contribution is -0.0945. The summed E-state index contributed by atoms with van der Waals surface area (Å²) < 4.78 is 0. The van der Waals surface area contributed by atoms with Crippen molar-refractivity contribution in [3.8, 4) is 0 Å². The highest BCUT2D eigenvalue weighted by Gasteiger charge is 2.61. The van der Waals surface area contributed by atoms with Crippen molar-refractivity contribution in [1.82, 2.24) is 0 Å². The summed E-state index contributed by atoms with van der Waals surface area (Å²) in [6, 6.07) is 0. The topological polar surface area (TPSA) is 0 Å². The Bertz CT molecular complexity index is 193. The highest BCUT2D eigenvalue weighted by atomic mass is 79.9. The zero-order chi connectivity index (χ0) is 8.23. The molecule has 0 aromatic rings. The van der Waals surface area contributed by atoms with Crippen molar-refractivity contribution < 1.29 is 0 Å². The molecular formula is C11H17Br. The van der Waals surface area contributed by atoms with Crippen LogP contribution in [0.1, 0.15) is 44.9 Å². The summed E-state index contributed by atoms with van der Waals surface area (Å²) in [6.45, 7) is 0. The SMILES string of the molecule is BrCC1(C2CC2)CC2(CCC2)C1. The molecular weight excluding hydrogens is 212 g/mol. The Morgan fingerprint density at radius 3 is 2.17 bits per heavy atom. The smallest absolute Gasteiger partial charge is 0.00910 e. The van der Waals surface area contributed by atoms with Gasteiger partial charge in [0.25, 0.3) is 0 Å². The Balaban J connectivity index is 1.70. The van der Waals surface area contributed by atoms with Crippen molar-refractivity contribution >= 4 is 15.9 Å². The fraction of sp³-hybridized carbons (Fsp3) is 1.00. The van der Waals surface area contributed by atoms with Crippen molar-refractivity contribution in [2.24, 2.45) is 16.7 Å². The van der Waals surface area contributed by atoms with E-state index in [-0.39, 0.29) is 0 Å². The lowest BCUT2D eigenvalue weighted by atomic mass is 9.44. The van der Waals surface area contributed by atoms with Crippen LogP contribution in [0.4, 0.5) is 0 Å². The summed E-state index contributed by atoms with van der Waals surface area (Å²) in [5.41, 5.74) is 1.65. The Labute approximate surface area is 83.2 Å². The van der Waals surface area contributed by atoms with E-state index < -0.39 is 0 Å². The molecule has 3 aliphatic rings. The molecule has 3 saturated carbocycles. The average molecular weight is 229 g/mol. The Hall–Kier alpha value is 0.480. The van der Waals surface area contributed by atoms with E-state index in [1.165, 1.54) is 24.6 Å². The molecule has 12 heavy (non-hydrogen) atoms. The maximum Gasteiger partial charge on any atom is 0.00910 e. The average Bonchev–Trinajstić information content (AvgIpc) is 2.66. The molecule has 0 N–H and O–H groups in total. The molecule has 0 aromatic carbocycles. The van der Waals surface area contributed by atoms with Gasteiger partial charge in [0.1, 0.15) is 0 Å². The third-order valence-electron chi connectivity index (χ3n) is 4.58. The van der Waals surface area contributed by atoms with Crippen molar-refractivity contribution in [2.75, 3.05) is 5.33 Å². The second-order valence-electron chi connectivity index (χ2n) is 5.48. The van der Waals surface area contributed by atoms with E-state index >= 15 is 0 Å². The van der Waals surface area contributed by atoms with E-state index in [0.717, 1.165) is 16.7 Å². The molecule has 0 atom stereocenters. The molecule has 0 unspecified atom stereocenters. The molecule has 3 aliphatic carbocycles. The Kier molecular flexibility index (Phi) is 1.50. The van der Waals surface area contributed by atoms with Crippen LogP contribution in [0.5, 0.6) is 0 Å². The van der Waals surface area contributed by atoms with Crippen LogP contribution in [-0.4, -0.2) is 5.33 Å². The van der Waals surface area contributed by atoms with E-state index in [1.807, 2.05) is 0 Å². The largest absolute Gasteiger partial charge is 0.0922 e. The van der Waals surface area contributed by atoms with Gasteiger partial charge < -0.3 is 0 Å². The summed E-state index contributed by atoms with van der Waals surface area (Å²) in [6.07, 6.45) is 10.8. The molecule has 1 spiro atoms. The molecule has 0 saturated heterocycles. The van der Waals surface area contributed by atoms with Crippen LogP contribution in [0.15, 0.2) is 0 Å². The fourth-order valence-corrected chi connectivity index (χ4v) is 4.51. The lowest BCUT2D eigenvalue weighted by Crippen LogP contribution is -2.52. The summed E-state index contributed by atoms with van der Waals surface area (Å²) in [5.74, 6) is 1.11. The van der Waals surface area contributed by atoms with Crippen LogP contribution in [0.2, 0.25) is 0 Å². The monoisotopic (exact) mass is 228 g/mol. The van der Waals surface area contributed by atoms with Gasteiger partial charge >= 0.3 is 0 Å². The first-order valence-corrected chi connectivity index (χ1v) is 6.47. The molecule has 0 amide bonds. The van der Waals surface area contributed by atoms with Gasteiger partial charge in [0.05, 0.1) is 0 Å². The molecule has 1 heteroatoms. The summed E-state index contributed by atoms with van der Waals surface area (Å²) in [5, 5.41) is 1.28. The molecule has 0 heterocycles. The van der Waals surface area contributed by atoms with Gasteiger partial charge in [-0.3, -0.25) is 0 Å². The maximum atomic E-state index is 3.73. The predicted octanol–water partition coefficient (Wildman–Crippen LogP) is 3.74. The van der Waals surface area contributed by atoms with E-state index in [1.54, 1.807) is 25.7 Å². The predicted molar refractivity (Wildman–Crippen MR) is 54.5 cm³/mol. The van der Waals surface area contributed by atoms with Gasteiger partial charge in [0.15, 0.2) is 0 Å². The van der Waals surface area contributed by atoms with E-state index in [4.69, 9.17) is 0 Å². The first-order valence-electron chi connectivity index (χ1n) is 5.35. The van der Waals surface area contributed by atoms with E-state index in [2.05, 4.69) is 15.9 Å². The van der Waals surface area contributed by atoms with Gasteiger partial charge in [0.2, 0.25) is 0 Å². The number of alkyl halides is 1. The highest BCUT2D eigenvalue weighted by molar-refractivity contribution is 9.09. The summed E-state index contributed by atoms with van der Waals surface area (Å²) in [4.78, 5) is 0. The number of hydrogen-bond donors (Lipinski definition) is 0. The zero-order valence-corrected chi connectivity index (χ0v) is 9.20. The van der Waals surface area contributed by atoms with Gasteiger partial charge in [-0.05, 0) is 55.3 Å². The van der Waals surface area contributed by atoms with E-state index in [0.29, 0.717) is 0 Å². The van der Waals surface area contributed by atoms with Gasteiger partial charge in [0, 0.05) is 5.33 Å². The molecule has 0 aromatic heterocycles. The molecule has 0 aliphatic heterocycles. The first kappa shape index (κ1) is 7.84. The van der Waals surface area contributed by atoms with Crippen LogP contribution in [0.3, 0.4) is 0 Å². The maximum absolute atomic E-state index is 3.73. The second-order valence-corrected chi connectivity index (χ2v) is 6.04. The van der Waals surface area contributed by atoms with Crippen molar-refractivity contribution in [1.29, 1.82) is 0 Å². The van der Waals surface area contributed by atoms with Gasteiger partial charge in [-0.15, -0.1) is 0 Å². The molecule has 3 rings (SSSR count). The summed E-state index contributed by atoms with van der Waals surface area (Å²) in [7, 11) is 0. The number of halogens is 1. The first-order chi connectivity index (χ1) is 5.79. The fourth-order valence-electron chi connectivity index (χ4n) is 3.66. The van der Waals surface area contributed by atoms with Crippen LogP contribution in [0.25, 0.3) is 0 Å². The van der Waals surface area contributed by atoms with Crippen molar-refractivity contribution in [3.63, 3.8) is 0 Å². The minimum atomic E-state index is 0.778. The molecule has 0 bridgehead atoms. The van der Waals surface area contributed by atoms with Gasteiger partial charge in [-0.25, -0.2) is 0 Å². The van der Waals surface area contributed by atoms with Crippen molar-refractivity contribution in [2.45, 2.75) is 44.9 Å². The van der Waals surface area contributed by atoms with Gasteiger partial charge in [-0.2, -0.15) is 0 Å². The number of rotatable bonds is 2. The van der Waals surface area contributed by atoms with Crippen LogP contribution < -0.4 is 0 Å². The molecule has 3 fully saturated rings. The molecule has 0 nitrogen and oxygen atoms in total. The van der Waals surface area contributed by atoms with Crippen LogP contribution in [0, 0.1) is 16.7 Å². The molecule has 0 radical (unpaired) electrons. The summed E-state index contributed by atoms with van der Waals surface area (Å²) >= 11 is 3.73. The van der Waals surface area contributed by atoms with Crippen LogP contribution >= 0.6 is 15.9 Å². The lowest BCUT2D eigenvalue weighted by Gasteiger charge is -2.61. The minimum absolute atomic E-state index is 0.778. The highest BCUT2D eigenvalue weighted by Crippen LogP contribution is 2.70.